The minimum Gasteiger partial charge on any atom is -0.409 e. The van der Waals surface area contributed by atoms with E-state index in [4.69, 9.17) is 15.7 Å². The summed E-state index contributed by atoms with van der Waals surface area (Å²) in [6, 6.07) is 0. The molecular weight excluding hydrogens is 234 g/mol. The van der Waals surface area contributed by atoms with Gasteiger partial charge in [0.1, 0.15) is 0 Å². The summed E-state index contributed by atoms with van der Waals surface area (Å²) in [5.74, 6) is -0.637. The van der Waals surface area contributed by atoms with E-state index in [9.17, 15) is 4.79 Å². The second-order valence-corrected chi connectivity index (χ2v) is 5.22. The smallest absolute Gasteiger partial charge is 0.234 e. The Bertz CT molecular complexity index is 329. The maximum atomic E-state index is 12.5. The van der Waals surface area contributed by atoms with Crippen LogP contribution in [0.2, 0.25) is 0 Å². The summed E-state index contributed by atoms with van der Waals surface area (Å²) < 4.78 is 5.39. The summed E-state index contributed by atoms with van der Waals surface area (Å²) in [5, 5.41) is 11.8. The van der Waals surface area contributed by atoms with Crippen LogP contribution in [0.5, 0.6) is 0 Å². The third-order valence-electron chi connectivity index (χ3n) is 3.26. The number of carbonyl (C=O) groups is 1. The number of nitrogens with zero attached hydrogens (tertiary/aromatic N) is 2. The van der Waals surface area contributed by atoms with E-state index in [-0.39, 0.29) is 17.3 Å². The van der Waals surface area contributed by atoms with E-state index in [0.29, 0.717) is 26.2 Å². The molecule has 0 radical (unpaired) electrons. The number of rotatable bonds is 4. The molecule has 1 saturated heterocycles. The maximum Gasteiger partial charge on any atom is 0.234 e. The van der Waals surface area contributed by atoms with Gasteiger partial charge in [0.05, 0.1) is 24.7 Å². The standard InChI is InChI=1S/C12H23N3O3/c1-4-5-9(10(13)14-17)11(16)15-6-7-18-8-12(15,2)3/h9,17H,4-8H2,1-3H3,(H2,13,14). The van der Waals surface area contributed by atoms with Gasteiger partial charge in [0.15, 0.2) is 5.84 Å². The van der Waals surface area contributed by atoms with Crippen molar-refractivity contribution >= 4 is 11.7 Å². The number of amides is 1. The fourth-order valence-electron chi connectivity index (χ4n) is 2.21. The van der Waals surface area contributed by atoms with Gasteiger partial charge in [0, 0.05) is 6.54 Å². The summed E-state index contributed by atoms with van der Waals surface area (Å²) in [5.41, 5.74) is 5.27. The van der Waals surface area contributed by atoms with Crippen LogP contribution in [0, 0.1) is 5.92 Å². The van der Waals surface area contributed by atoms with Crippen LogP contribution in [0.4, 0.5) is 0 Å². The number of nitrogens with two attached hydrogens (primary N) is 1. The first-order chi connectivity index (χ1) is 8.44. The summed E-state index contributed by atoms with van der Waals surface area (Å²) in [6.45, 7) is 7.47. The van der Waals surface area contributed by atoms with E-state index >= 15 is 0 Å². The summed E-state index contributed by atoms with van der Waals surface area (Å²) >= 11 is 0. The van der Waals surface area contributed by atoms with E-state index < -0.39 is 5.92 Å². The van der Waals surface area contributed by atoms with Gasteiger partial charge in [0.25, 0.3) is 0 Å². The second-order valence-electron chi connectivity index (χ2n) is 5.22. The summed E-state index contributed by atoms with van der Waals surface area (Å²) in [7, 11) is 0. The Labute approximate surface area is 108 Å². The molecule has 1 heterocycles. The topological polar surface area (TPSA) is 88.2 Å². The Morgan fingerprint density at radius 1 is 1.61 bits per heavy atom. The molecule has 6 nitrogen and oxygen atoms in total. The molecule has 1 atom stereocenters. The third-order valence-corrected chi connectivity index (χ3v) is 3.26. The van der Waals surface area contributed by atoms with Crippen LogP contribution < -0.4 is 5.73 Å². The number of amidine groups is 1. The number of oxime groups is 1. The van der Waals surface area contributed by atoms with Gasteiger partial charge in [0.2, 0.25) is 5.91 Å². The first kappa shape index (κ1) is 14.8. The van der Waals surface area contributed by atoms with Crippen LogP contribution in [0.3, 0.4) is 0 Å². The fraction of sp³-hybridized carbons (Fsp3) is 0.833. The van der Waals surface area contributed by atoms with Gasteiger partial charge in [-0.15, -0.1) is 0 Å². The van der Waals surface area contributed by atoms with Crippen LogP contribution in [0.1, 0.15) is 33.6 Å². The highest BCUT2D eigenvalue weighted by atomic mass is 16.5. The average Bonchev–Trinajstić information content (AvgIpc) is 2.33. The van der Waals surface area contributed by atoms with Gasteiger partial charge in [-0.05, 0) is 20.3 Å². The van der Waals surface area contributed by atoms with Gasteiger partial charge < -0.3 is 20.6 Å². The molecule has 3 N–H and O–H groups in total. The van der Waals surface area contributed by atoms with Crippen molar-refractivity contribution < 1.29 is 14.7 Å². The molecule has 1 aliphatic rings. The molecule has 18 heavy (non-hydrogen) atoms. The Kier molecular flexibility index (Phi) is 4.95. The van der Waals surface area contributed by atoms with Gasteiger partial charge in [-0.2, -0.15) is 0 Å². The van der Waals surface area contributed by atoms with Crippen molar-refractivity contribution in [3.05, 3.63) is 0 Å². The highest BCUT2D eigenvalue weighted by Crippen LogP contribution is 2.23. The lowest BCUT2D eigenvalue weighted by atomic mass is 9.95. The van der Waals surface area contributed by atoms with Crippen LogP contribution in [0.15, 0.2) is 5.16 Å². The molecule has 1 fully saturated rings. The summed E-state index contributed by atoms with van der Waals surface area (Å²) in [4.78, 5) is 14.3. The van der Waals surface area contributed by atoms with Crippen LogP contribution in [-0.2, 0) is 9.53 Å². The fourth-order valence-corrected chi connectivity index (χ4v) is 2.21. The third kappa shape index (κ3) is 3.13. The van der Waals surface area contributed by atoms with Crippen molar-refractivity contribution in [2.24, 2.45) is 16.8 Å². The molecule has 0 spiro atoms. The summed E-state index contributed by atoms with van der Waals surface area (Å²) in [6.07, 6.45) is 1.39. The first-order valence-corrected chi connectivity index (χ1v) is 6.30. The lowest BCUT2D eigenvalue weighted by Crippen LogP contribution is -2.58. The lowest BCUT2D eigenvalue weighted by Gasteiger charge is -2.43. The van der Waals surface area contributed by atoms with E-state index in [1.807, 2.05) is 20.8 Å². The zero-order valence-corrected chi connectivity index (χ0v) is 11.3. The van der Waals surface area contributed by atoms with Crippen molar-refractivity contribution in [1.29, 1.82) is 0 Å². The number of carbonyl (C=O) groups excluding carboxylic acids is 1. The number of morpholine rings is 1. The Balaban J connectivity index is 2.88. The lowest BCUT2D eigenvalue weighted by molar-refractivity contribution is -0.148. The van der Waals surface area contributed by atoms with Crippen LogP contribution >= 0.6 is 0 Å². The molecule has 6 heteroatoms. The number of hydrogen-bond acceptors (Lipinski definition) is 4. The van der Waals surface area contributed by atoms with Gasteiger partial charge >= 0.3 is 0 Å². The largest absolute Gasteiger partial charge is 0.409 e. The molecule has 0 aromatic rings. The highest BCUT2D eigenvalue weighted by molar-refractivity contribution is 6.02. The molecular formula is C12H23N3O3. The minimum atomic E-state index is -0.544. The van der Waals surface area contributed by atoms with Crippen molar-refractivity contribution in [3.63, 3.8) is 0 Å². The molecule has 0 aromatic carbocycles. The molecule has 0 aliphatic carbocycles. The molecule has 0 aromatic heterocycles. The van der Waals surface area contributed by atoms with Crippen LogP contribution in [-0.4, -0.2) is 47.1 Å². The molecule has 1 unspecified atom stereocenters. The predicted molar refractivity (Wildman–Crippen MR) is 68.4 cm³/mol. The first-order valence-electron chi connectivity index (χ1n) is 6.30. The van der Waals surface area contributed by atoms with Gasteiger partial charge in [-0.25, -0.2) is 0 Å². The van der Waals surface area contributed by atoms with E-state index in [0.717, 1.165) is 6.42 Å². The molecule has 1 amide bonds. The average molecular weight is 257 g/mol. The van der Waals surface area contributed by atoms with Crippen molar-refractivity contribution in [2.75, 3.05) is 19.8 Å². The molecule has 0 bridgehead atoms. The van der Waals surface area contributed by atoms with Gasteiger partial charge in [-0.1, -0.05) is 18.5 Å². The van der Waals surface area contributed by atoms with Crippen molar-refractivity contribution in [1.82, 2.24) is 4.90 Å². The van der Waals surface area contributed by atoms with Crippen molar-refractivity contribution in [2.45, 2.75) is 39.2 Å². The zero-order chi connectivity index (χ0) is 13.8. The zero-order valence-electron chi connectivity index (χ0n) is 11.3. The minimum absolute atomic E-state index is 0.0101. The van der Waals surface area contributed by atoms with E-state index in [1.54, 1.807) is 4.90 Å². The maximum absolute atomic E-state index is 12.5. The van der Waals surface area contributed by atoms with E-state index in [1.165, 1.54) is 0 Å². The van der Waals surface area contributed by atoms with Crippen LogP contribution in [0.25, 0.3) is 0 Å². The predicted octanol–water partition coefficient (Wildman–Crippen LogP) is 0.787. The highest BCUT2D eigenvalue weighted by Gasteiger charge is 2.38. The number of ether oxygens (including phenoxy) is 1. The van der Waals surface area contributed by atoms with Crippen molar-refractivity contribution in [3.8, 4) is 0 Å². The normalized spacial score (nSPS) is 21.7. The molecule has 1 rings (SSSR count). The quantitative estimate of drug-likeness (QED) is 0.337. The number of hydrogen-bond donors (Lipinski definition) is 2. The van der Waals surface area contributed by atoms with E-state index in [2.05, 4.69) is 5.16 Å². The SMILES string of the molecule is CCCC(C(=O)N1CCOCC1(C)C)C(N)=NO. The monoisotopic (exact) mass is 257 g/mol. The Morgan fingerprint density at radius 3 is 2.78 bits per heavy atom. The molecule has 1 aliphatic heterocycles. The second kappa shape index (κ2) is 6.04. The Hall–Kier alpha value is -1.30. The Morgan fingerprint density at radius 2 is 2.28 bits per heavy atom. The molecule has 104 valence electrons. The van der Waals surface area contributed by atoms with Gasteiger partial charge in [-0.3, -0.25) is 4.79 Å². The molecule has 0 saturated carbocycles.